The Morgan fingerprint density at radius 2 is 1.64 bits per heavy atom. The summed E-state index contributed by atoms with van der Waals surface area (Å²) >= 11 is 0. The molecule has 6 heteroatoms. The van der Waals surface area contributed by atoms with Gasteiger partial charge >= 0.3 is 11.9 Å². The molecule has 0 aliphatic rings. The molecule has 0 amide bonds. The van der Waals surface area contributed by atoms with Crippen LogP contribution in [0.25, 0.3) is 0 Å². The molecule has 0 spiro atoms. The SMILES string of the molecule is CCOC(=O)C(=O)[C@@H](F)C(=O)OCC. The highest BCUT2D eigenvalue weighted by atomic mass is 19.1. The van der Waals surface area contributed by atoms with Gasteiger partial charge in [0.05, 0.1) is 13.2 Å². The van der Waals surface area contributed by atoms with E-state index in [1.807, 2.05) is 0 Å². The number of ketones is 1. The lowest BCUT2D eigenvalue weighted by Gasteiger charge is -2.05. The molecule has 0 aromatic heterocycles. The first-order valence-corrected chi connectivity index (χ1v) is 4.06. The lowest BCUT2D eigenvalue weighted by Crippen LogP contribution is -2.34. The van der Waals surface area contributed by atoms with Gasteiger partial charge in [-0.05, 0) is 13.8 Å². The van der Waals surface area contributed by atoms with E-state index in [9.17, 15) is 18.8 Å². The molecule has 5 nitrogen and oxygen atoms in total. The van der Waals surface area contributed by atoms with E-state index in [0.717, 1.165) is 0 Å². The number of hydrogen-bond donors (Lipinski definition) is 0. The molecule has 0 unspecified atom stereocenters. The maximum absolute atomic E-state index is 12.8. The maximum Gasteiger partial charge on any atom is 0.378 e. The molecular weight excluding hydrogens is 195 g/mol. The van der Waals surface area contributed by atoms with E-state index >= 15 is 0 Å². The molecule has 0 aliphatic heterocycles. The van der Waals surface area contributed by atoms with Crippen molar-refractivity contribution in [3.63, 3.8) is 0 Å². The summed E-state index contributed by atoms with van der Waals surface area (Å²) in [6.07, 6.45) is -2.59. The first-order valence-electron chi connectivity index (χ1n) is 4.06. The minimum absolute atomic E-state index is 0.0554. The normalized spacial score (nSPS) is 11.6. The standard InChI is InChI=1S/C8H11FO5/c1-3-13-7(11)5(9)6(10)8(12)14-4-2/h5H,3-4H2,1-2H3/t5-/m1/s1. The summed E-state index contributed by atoms with van der Waals surface area (Å²) in [4.78, 5) is 32.1. The van der Waals surface area contributed by atoms with Crippen molar-refractivity contribution < 1.29 is 28.2 Å². The number of halogens is 1. The molecule has 1 atom stereocenters. The van der Waals surface area contributed by atoms with Gasteiger partial charge in [-0.2, -0.15) is 0 Å². The van der Waals surface area contributed by atoms with Crippen molar-refractivity contribution in [1.29, 1.82) is 0 Å². The molecule has 0 aromatic rings. The summed E-state index contributed by atoms with van der Waals surface area (Å²) in [6.45, 7) is 2.80. The minimum atomic E-state index is -2.59. The van der Waals surface area contributed by atoms with Gasteiger partial charge in [0.25, 0.3) is 12.0 Å². The second-order valence-electron chi connectivity index (χ2n) is 2.20. The molecule has 0 saturated heterocycles. The van der Waals surface area contributed by atoms with E-state index in [0.29, 0.717) is 0 Å². The van der Waals surface area contributed by atoms with E-state index in [-0.39, 0.29) is 13.2 Å². The molecule has 0 saturated carbocycles. The highest BCUT2D eigenvalue weighted by Crippen LogP contribution is 1.99. The van der Waals surface area contributed by atoms with Crippen LogP contribution in [-0.4, -0.2) is 37.1 Å². The van der Waals surface area contributed by atoms with Gasteiger partial charge in [-0.15, -0.1) is 0 Å². The summed E-state index contributed by atoms with van der Waals surface area (Å²) in [5.74, 6) is -4.27. The fourth-order valence-corrected chi connectivity index (χ4v) is 0.628. The highest BCUT2D eigenvalue weighted by molar-refractivity contribution is 6.39. The Morgan fingerprint density at radius 3 is 2.07 bits per heavy atom. The van der Waals surface area contributed by atoms with Gasteiger partial charge in [-0.25, -0.2) is 14.0 Å². The molecule has 80 valence electrons. The van der Waals surface area contributed by atoms with Gasteiger partial charge in [-0.3, -0.25) is 4.79 Å². The third-order valence-electron chi connectivity index (χ3n) is 1.20. The van der Waals surface area contributed by atoms with Crippen molar-refractivity contribution >= 4 is 17.7 Å². The summed E-state index contributed by atoms with van der Waals surface area (Å²) in [6, 6.07) is 0. The second-order valence-corrected chi connectivity index (χ2v) is 2.20. The van der Waals surface area contributed by atoms with Gasteiger partial charge in [0.2, 0.25) is 0 Å². The van der Waals surface area contributed by atoms with Gasteiger partial charge in [-0.1, -0.05) is 0 Å². The molecule has 14 heavy (non-hydrogen) atoms. The number of esters is 2. The molecular formula is C8H11FO5. The first kappa shape index (κ1) is 12.5. The molecule has 0 N–H and O–H groups in total. The molecule has 0 radical (unpaired) electrons. The zero-order chi connectivity index (χ0) is 11.1. The van der Waals surface area contributed by atoms with Crippen molar-refractivity contribution in [2.24, 2.45) is 0 Å². The van der Waals surface area contributed by atoms with Crippen molar-refractivity contribution in [3.05, 3.63) is 0 Å². The number of ether oxygens (including phenoxy) is 2. The molecule has 0 aliphatic carbocycles. The number of carbonyl (C=O) groups excluding carboxylic acids is 3. The van der Waals surface area contributed by atoms with Crippen LogP contribution in [0.3, 0.4) is 0 Å². The van der Waals surface area contributed by atoms with E-state index < -0.39 is 23.9 Å². The molecule has 0 rings (SSSR count). The largest absolute Gasteiger partial charge is 0.463 e. The summed E-state index contributed by atoms with van der Waals surface area (Å²) in [5.41, 5.74) is 0. The van der Waals surface area contributed by atoms with Crippen LogP contribution in [0.15, 0.2) is 0 Å². The molecule has 0 aromatic carbocycles. The van der Waals surface area contributed by atoms with E-state index in [2.05, 4.69) is 9.47 Å². The third kappa shape index (κ3) is 3.51. The van der Waals surface area contributed by atoms with Crippen LogP contribution in [0.5, 0.6) is 0 Å². The highest BCUT2D eigenvalue weighted by Gasteiger charge is 2.33. The Bertz CT molecular complexity index is 238. The van der Waals surface area contributed by atoms with Crippen molar-refractivity contribution in [2.75, 3.05) is 13.2 Å². The zero-order valence-corrected chi connectivity index (χ0v) is 7.91. The molecule has 0 bridgehead atoms. The average Bonchev–Trinajstić information content (AvgIpc) is 2.16. The lowest BCUT2D eigenvalue weighted by atomic mass is 10.2. The fourth-order valence-electron chi connectivity index (χ4n) is 0.628. The van der Waals surface area contributed by atoms with Gasteiger partial charge in [0, 0.05) is 0 Å². The second kappa shape index (κ2) is 6.06. The number of alkyl halides is 1. The lowest BCUT2D eigenvalue weighted by molar-refractivity contribution is -0.162. The number of Topliss-reactive ketones (excluding diaryl/α,β-unsaturated/α-hetero) is 1. The maximum atomic E-state index is 12.8. The van der Waals surface area contributed by atoms with Gasteiger partial charge < -0.3 is 9.47 Å². The summed E-state index contributed by atoms with van der Waals surface area (Å²) < 4.78 is 21.3. The van der Waals surface area contributed by atoms with E-state index in [1.165, 1.54) is 13.8 Å². The van der Waals surface area contributed by atoms with Gasteiger partial charge in [0.1, 0.15) is 0 Å². The average molecular weight is 206 g/mol. The van der Waals surface area contributed by atoms with Crippen LogP contribution < -0.4 is 0 Å². The van der Waals surface area contributed by atoms with Crippen LogP contribution in [0, 0.1) is 0 Å². The summed E-state index contributed by atoms with van der Waals surface area (Å²) in [7, 11) is 0. The monoisotopic (exact) mass is 206 g/mol. The summed E-state index contributed by atoms with van der Waals surface area (Å²) in [5, 5.41) is 0. The van der Waals surface area contributed by atoms with E-state index in [4.69, 9.17) is 0 Å². The quantitative estimate of drug-likeness (QED) is 0.360. The Kier molecular flexibility index (Phi) is 5.43. The number of rotatable bonds is 5. The van der Waals surface area contributed by atoms with Crippen molar-refractivity contribution in [2.45, 2.75) is 20.0 Å². The van der Waals surface area contributed by atoms with Crippen molar-refractivity contribution in [1.82, 2.24) is 0 Å². The predicted molar refractivity (Wildman–Crippen MR) is 43.2 cm³/mol. The smallest absolute Gasteiger partial charge is 0.378 e. The number of carbonyl (C=O) groups is 3. The van der Waals surface area contributed by atoms with E-state index in [1.54, 1.807) is 0 Å². The minimum Gasteiger partial charge on any atom is -0.463 e. The van der Waals surface area contributed by atoms with Crippen LogP contribution in [0.4, 0.5) is 4.39 Å². The van der Waals surface area contributed by atoms with Crippen LogP contribution in [0.2, 0.25) is 0 Å². The molecule has 0 fully saturated rings. The number of hydrogen-bond acceptors (Lipinski definition) is 5. The first-order chi connectivity index (χ1) is 6.54. The Labute approximate surface area is 80.2 Å². The van der Waals surface area contributed by atoms with Crippen molar-refractivity contribution in [3.8, 4) is 0 Å². The Balaban J connectivity index is 4.24. The third-order valence-corrected chi connectivity index (χ3v) is 1.20. The zero-order valence-electron chi connectivity index (χ0n) is 7.91. The Hall–Kier alpha value is -1.46. The fraction of sp³-hybridized carbons (Fsp3) is 0.625. The molecule has 0 heterocycles. The topological polar surface area (TPSA) is 69.7 Å². The van der Waals surface area contributed by atoms with Crippen LogP contribution in [-0.2, 0) is 23.9 Å². The predicted octanol–water partition coefficient (Wildman–Crippen LogP) is 0.0198. The van der Waals surface area contributed by atoms with Crippen LogP contribution >= 0.6 is 0 Å². The van der Waals surface area contributed by atoms with Crippen LogP contribution in [0.1, 0.15) is 13.8 Å². The Morgan fingerprint density at radius 1 is 1.14 bits per heavy atom. The van der Waals surface area contributed by atoms with Gasteiger partial charge in [0.15, 0.2) is 0 Å².